The molecule has 2 aromatic carbocycles. The number of nitrogen functional groups attached to an aromatic ring is 1. The van der Waals surface area contributed by atoms with E-state index in [4.69, 9.17) is 10.8 Å². The second-order valence-electron chi connectivity index (χ2n) is 4.38. The van der Waals surface area contributed by atoms with Gasteiger partial charge >= 0.3 is 5.97 Å². The number of nitrogens with two attached hydrogens (primary N) is 1. The van der Waals surface area contributed by atoms with Gasteiger partial charge in [0, 0.05) is 11.4 Å². The van der Waals surface area contributed by atoms with Crippen molar-refractivity contribution in [2.45, 2.75) is 6.92 Å². The fourth-order valence-corrected chi connectivity index (χ4v) is 1.84. The summed E-state index contributed by atoms with van der Waals surface area (Å²) in [5, 5.41) is 11.8. The molecule has 0 aliphatic heterocycles. The molecule has 0 heterocycles. The van der Waals surface area contributed by atoms with Gasteiger partial charge in [0.1, 0.15) is 0 Å². The number of carbonyl (C=O) groups excluding carboxylic acids is 1. The highest BCUT2D eigenvalue weighted by molar-refractivity contribution is 6.11. The largest absolute Gasteiger partial charge is 0.478 e. The van der Waals surface area contributed by atoms with E-state index >= 15 is 0 Å². The maximum atomic E-state index is 12.2. The van der Waals surface area contributed by atoms with Gasteiger partial charge in [-0.3, -0.25) is 4.79 Å². The second-order valence-corrected chi connectivity index (χ2v) is 4.38. The first-order valence-electron chi connectivity index (χ1n) is 5.99. The first kappa shape index (κ1) is 13.6. The summed E-state index contributed by atoms with van der Waals surface area (Å²) in [4.78, 5) is 23.3. The van der Waals surface area contributed by atoms with Crippen LogP contribution in [0.4, 0.5) is 11.4 Å². The van der Waals surface area contributed by atoms with Gasteiger partial charge in [-0.2, -0.15) is 0 Å². The molecule has 0 radical (unpaired) electrons. The van der Waals surface area contributed by atoms with Crippen molar-refractivity contribution in [3.8, 4) is 0 Å². The van der Waals surface area contributed by atoms with Crippen LogP contribution in [0.25, 0.3) is 0 Å². The SMILES string of the molecule is Cc1ccccc1NC(=O)c1ccc(N)cc1C(=O)O. The number of benzene rings is 2. The number of carbonyl (C=O) groups is 2. The van der Waals surface area contributed by atoms with Gasteiger partial charge in [-0.25, -0.2) is 4.79 Å². The third kappa shape index (κ3) is 2.77. The summed E-state index contributed by atoms with van der Waals surface area (Å²) in [5.74, 6) is -1.66. The van der Waals surface area contributed by atoms with E-state index in [2.05, 4.69) is 5.32 Å². The van der Waals surface area contributed by atoms with Crippen LogP contribution in [-0.2, 0) is 0 Å². The van der Waals surface area contributed by atoms with E-state index in [1.807, 2.05) is 19.1 Å². The van der Waals surface area contributed by atoms with E-state index in [1.54, 1.807) is 12.1 Å². The zero-order chi connectivity index (χ0) is 14.7. The van der Waals surface area contributed by atoms with Crippen LogP contribution in [0.2, 0.25) is 0 Å². The smallest absolute Gasteiger partial charge is 0.336 e. The molecule has 1 amide bonds. The average Bonchev–Trinajstić information content (AvgIpc) is 2.41. The molecule has 4 N–H and O–H groups in total. The van der Waals surface area contributed by atoms with Gasteiger partial charge in [-0.1, -0.05) is 18.2 Å². The molecule has 5 nitrogen and oxygen atoms in total. The fourth-order valence-electron chi connectivity index (χ4n) is 1.84. The molecule has 0 atom stereocenters. The lowest BCUT2D eigenvalue weighted by Crippen LogP contribution is -2.17. The number of anilines is 2. The van der Waals surface area contributed by atoms with Crippen LogP contribution in [0, 0.1) is 6.92 Å². The number of aryl methyl sites for hydroxylation is 1. The van der Waals surface area contributed by atoms with Crippen molar-refractivity contribution in [3.05, 3.63) is 59.2 Å². The summed E-state index contributed by atoms with van der Waals surface area (Å²) in [7, 11) is 0. The Balaban J connectivity index is 2.35. The summed E-state index contributed by atoms with van der Waals surface area (Å²) in [5.41, 5.74) is 7.35. The zero-order valence-corrected chi connectivity index (χ0v) is 10.9. The normalized spacial score (nSPS) is 10.1. The van der Waals surface area contributed by atoms with Crippen molar-refractivity contribution in [2.75, 3.05) is 11.1 Å². The molecule has 0 spiro atoms. The van der Waals surface area contributed by atoms with E-state index in [0.717, 1.165) is 5.56 Å². The van der Waals surface area contributed by atoms with Gasteiger partial charge in [-0.15, -0.1) is 0 Å². The summed E-state index contributed by atoms with van der Waals surface area (Å²) in [6, 6.07) is 11.4. The van der Waals surface area contributed by atoms with Crippen LogP contribution in [0.15, 0.2) is 42.5 Å². The Morgan fingerprint density at radius 2 is 1.80 bits per heavy atom. The van der Waals surface area contributed by atoms with E-state index in [0.29, 0.717) is 11.4 Å². The third-order valence-corrected chi connectivity index (χ3v) is 2.91. The van der Waals surface area contributed by atoms with Gasteiger partial charge in [0.05, 0.1) is 11.1 Å². The standard InChI is InChI=1S/C15H14N2O3/c1-9-4-2-3-5-13(9)17-14(18)11-7-6-10(16)8-12(11)15(19)20/h2-8H,16H2,1H3,(H,17,18)(H,19,20). The minimum Gasteiger partial charge on any atom is -0.478 e. The fraction of sp³-hybridized carbons (Fsp3) is 0.0667. The number of aromatic carboxylic acids is 1. The molecule has 0 aromatic heterocycles. The number of nitrogens with one attached hydrogen (secondary N) is 1. The van der Waals surface area contributed by atoms with Crippen LogP contribution in [0.3, 0.4) is 0 Å². The highest BCUT2D eigenvalue weighted by atomic mass is 16.4. The summed E-state index contributed by atoms with van der Waals surface area (Å²) in [6.07, 6.45) is 0. The number of carboxylic acid groups (broad SMARTS) is 1. The van der Waals surface area contributed by atoms with E-state index in [1.165, 1.54) is 18.2 Å². The number of hydrogen-bond donors (Lipinski definition) is 3. The molecule has 0 bridgehead atoms. The highest BCUT2D eigenvalue weighted by Gasteiger charge is 2.17. The van der Waals surface area contributed by atoms with Gasteiger partial charge < -0.3 is 16.2 Å². The third-order valence-electron chi connectivity index (χ3n) is 2.91. The lowest BCUT2D eigenvalue weighted by Gasteiger charge is -2.10. The Labute approximate surface area is 116 Å². The van der Waals surface area contributed by atoms with Crippen LogP contribution in [0.5, 0.6) is 0 Å². The van der Waals surface area contributed by atoms with E-state index in [9.17, 15) is 9.59 Å². The minimum atomic E-state index is -1.19. The molecule has 0 unspecified atom stereocenters. The number of hydrogen-bond acceptors (Lipinski definition) is 3. The van der Waals surface area contributed by atoms with Crippen molar-refractivity contribution in [3.63, 3.8) is 0 Å². The van der Waals surface area contributed by atoms with Crippen molar-refractivity contribution in [1.29, 1.82) is 0 Å². The van der Waals surface area contributed by atoms with Crippen molar-refractivity contribution in [2.24, 2.45) is 0 Å². The van der Waals surface area contributed by atoms with Crippen LogP contribution >= 0.6 is 0 Å². The predicted molar refractivity (Wildman–Crippen MR) is 76.9 cm³/mol. The van der Waals surface area contributed by atoms with E-state index < -0.39 is 11.9 Å². The maximum Gasteiger partial charge on any atom is 0.336 e. The zero-order valence-electron chi connectivity index (χ0n) is 10.9. The molecule has 0 aliphatic carbocycles. The van der Waals surface area contributed by atoms with Gasteiger partial charge in [-0.05, 0) is 36.8 Å². The first-order valence-corrected chi connectivity index (χ1v) is 5.99. The summed E-state index contributed by atoms with van der Waals surface area (Å²) in [6.45, 7) is 1.86. The molecule has 102 valence electrons. The van der Waals surface area contributed by atoms with E-state index in [-0.39, 0.29) is 11.1 Å². The Hall–Kier alpha value is -2.82. The molecular formula is C15H14N2O3. The molecule has 0 saturated carbocycles. The molecule has 0 saturated heterocycles. The van der Waals surface area contributed by atoms with Crippen LogP contribution in [0.1, 0.15) is 26.3 Å². The summed E-state index contributed by atoms with van der Waals surface area (Å²) < 4.78 is 0. The Morgan fingerprint density at radius 1 is 1.10 bits per heavy atom. The van der Waals surface area contributed by atoms with Gasteiger partial charge in [0.25, 0.3) is 5.91 Å². The van der Waals surface area contributed by atoms with Crippen LogP contribution in [-0.4, -0.2) is 17.0 Å². The lowest BCUT2D eigenvalue weighted by molar-refractivity contribution is 0.0692. The minimum absolute atomic E-state index is 0.0787. The predicted octanol–water partition coefficient (Wildman–Crippen LogP) is 2.53. The molecule has 5 heteroatoms. The Morgan fingerprint density at radius 3 is 2.45 bits per heavy atom. The molecule has 2 aromatic rings. The monoisotopic (exact) mass is 270 g/mol. The Kier molecular flexibility index (Phi) is 3.70. The Bertz CT molecular complexity index is 681. The second kappa shape index (κ2) is 5.44. The summed E-state index contributed by atoms with van der Waals surface area (Å²) >= 11 is 0. The number of amides is 1. The van der Waals surface area contributed by atoms with Crippen molar-refractivity contribution >= 4 is 23.3 Å². The number of rotatable bonds is 3. The average molecular weight is 270 g/mol. The quantitative estimate of drug-likeness (QED) is 0.747. The van der Waals surface area contributed by atoms with Gasteiger partial charge in [0.2, 0.25) is 0 Å². The number of carboxylic acids is 1. The maximum absolute atomic E-state index is 12.2. The number of para-hydroxylation sites is 1. The van der Waals surface area contributed by atoms with Crippen molar-refractivity contribution in [1.82, 2.24) is 0 Å². The highest BCUT2D eigenvalue weighted by Crippen LogP contribution is 2.18. The lowest BCUT2D eigenvalue weighted by atomic mass is 10.1. The molecular weight excluding hydrogens is 256 g/mol. The first-order chi connectivity index (χ1) is 9.49. The van der Waals surface area contributed by atoms with Crippen LogP contribution < -0.4 is 11.1 Å². The van der Waals surface area contributed by atoms with Crippen molar-refractivity contribution < 1.29 is 14.7 Å². The molecule has 2 rings (SSSR count). The molecule has 0 aliphatic rings. The molecule has 0 fully saturated rings. The molecule has 20 heavy (non-hydrogen) atoms. The van der Waals surface area contributed by atoms with Gasteiger partial charge in [0.15, 0.2) is 0 Å². The topological polar surface area (TPSA) is 92.4 Å².